The Balaban J connectivity index is 0.000000534. The third-order valence-corrected chi connectivity index (χ3v) is 4.64. The molecule has 0 aliphatic carbocycles. The van der Waals surface area contributed by atoms with Gasteiger partial charge in [0, 0.05) is 28.7 Å². The first-order chi connectivity index (χ1) is 15.0. The van der Waals surface area contributed by atoms with Gasteiger partial charge in [0.05, 0.1) is 19.8 Å². The van der Waals surface area contributed by atoms with E-state index in [9.17, 15) is 5.11 Å². The van der Waals surface area contributed by atoms with Crippen LogP contribution in [-0.4, -0.2) is 57.1 Å². The average Bonchev–Trinajstić information content (AvgIpc) is 3.10. The van der Waals surface area contributed by atoms with Crippen LogP contribution in [0.3, 0.4) is 0 Å². The largest absolute Gasteiger partial charge is 0.497 e. The first-order valence-electron chi connectivity index (χ1n) is 10.1. The highest BCUT2D eigenvalue weighted by atomic mass is 16.5. The van der Waals surface area contributed by atoms with Gasteiger partial charge in [-0.3, -0.25) is 0 Å². The van der Waals surface area contributed by atoms with Crippen molar-refractivity contribution >= 4 is 22.8 Å². The third-order valence-electron chi connectivity index (χ3n) is 4.64. The number of β-amino-alcohol motifs (C(OH)–C–C–N with tert-alkyl or cyclic N) is 1. The molecule has 8 nitrogen and oxygen atoms in total. The van der Waals surface area contributed by atoms with Crippen LogP contribution in [0.4, 0.5) is 0 Å². The number of carbonyl (C=O) groups is 2. The predicted molar refractivity (Wildman–Crippen MR) is 123 cm³/mol. The molecular formula is C24H30N2O6. The Kier molecular flexibility index (Phi) is 8.40. The molecule has 0 spiro atoms. The molecule has 0 saturated heterocycles. The van der Waals surface area contributed by atoms with Gasteiger partial charge in [-0.2, -0.15) is 0 Å². The molecule has 172 valence electrons. The van der Waals surface area contributed by atoms with E-state index < -0.39 is 18.0 Å². The minimum Gasteiger partial charge on any atom is -0.497 e. The van der Waals surface area contributed by atoms with Gasteiger partial charge in [0.1, 0.15) is 5.75 Å². The number of aromatic nitrogens is 1. The van der Waals surface area contributed by atoms with Crippen molar-refractivity contribution in [2.24, 2.45) is 0 Å². The number of methoxy groups -OCH3 is 1. The number of ether oxygens (including phenoxy) is 1. The van der Waals surface area contributed by atoms with E-state index in [1.807, 2.05) is 24.3 Å². The summed E-state index contributed by atoms with van der Waals surface area (Å²) in [7, 11) is 1.67. The molecule has 1 heterocycles. The standard InChI is InChI=1S/C22H28N2O2.C2H2O4/c1-22(2,3)23-14-18(25)15-24-20-8-6-5-7-17(20)13-21(24)16-9-11-19(26-4)12-10-16;3-1(4)2(5)6/h5-13,18,23,25H,14-15H2,1-4H3;(H,3,4)(H,5,6). The molecule has 0 amide bonds. The normalized spacial score (nSPS) is 12.0. The van der Waals surface area contributed by atoms with Crippen molar-refractivity contribution in [3.05, 3.63) is 54.6 Å². The van der Waals surface area contributed by atoms with Crippen LogP contribution in [0.1, 0.15) is 20.8 Å². The number of hydrogen-bond donors (Lipinski definition) is 4. The number of carboxylic acids is 2. The number of para-hydroxylation sites is 1. The zero-order chi connectivity index (χ0) is 23.9. The highest BCUT2D eigenvalue weighted by molar-refractivity contribution is 6.27. The quantitative estimate of drug-likeness (QED) is 0.433. The van der Waals surface area contributed by atoms with Crippen LogP contribution in [0.25, 0.3) is 22.2 Å². The Morgan fingerprint density at radius 3 is 2.16 bits per heavy atom. The number of rotatable bonds is 6. The molecule has 0 fully saturated rings. The summed E-state index contributed by atoms with van der Waals surface area (Å²) in [5.74, 6) is -2.81. The Bertz CT molecular complexity index is 1040. The highest BCUT2D eigenvalue weighted by Gasteiger charge is 2.16. The third kappa shape index (κ3) is 7.11. The molecule has 2 aromatic carbocycles. The molecule has 32 heavy (non-hydrogen) atoms. The molecule has 3 rings (SSSR count). The first-order valence-corrected chi connectivity index (χ1v) is 10.1. The van der Waals surface area contributed by atoms with E-state index in [-0.39, 0.29) is 5.54 Å². The van der Waals surface area contributed by atoms with Crippen LogP contribution in [0.2, 0.25) is 0 Å². The Morgan fingerprint density at radius 2 is 1.62 bits per heavy atom. The van der Waals surface area contributed by atoms with Crippen LogP contribution in [0.15, 0.2) is 54.6 Å². The monoisotopic (exact) mass is 442 g/mol. The fraction of sp³-hybridized carbons (Fsp3) is 0.333. The second-order valence-electron chi connectivity index (χ2n) is 8.32. The second kappa shape index (κ2) is 10.8. The number of nitrogens with zero attached hydrogens (tertiary/aromatic N) is 1. The van der Waals surface area contributed by atoms with Crippen molar-refractivity contribution < 1.29 is 29.6 Å². The van der Waals surface area contributed by atoms with Gasteiger partial charge in [0.15, 0.2) is 0 Å². The summed E-state index contributed by atoms with van der Waals surface area (Å²) >= 11 is 0. The van der Waals surface area contributed by atoms with Gasteiger partial charge in [-0.15, -0.1) is 0 Å². The van der Waals surface area contributed by atoms with Crippen LogP contribution >= 0.6 is 0 Å². The van der Waals surface area contributed by atoms with E-state index in [0.29, 0.717) is 13.1 Å². The summed E-state index contributed by atoms with van der Waals surface area (Å²) in [6.45, 7) is 7.41. The summed E-state index contributed by atoms with van der Waals surface area (Å²) < 4.78 is 7.47. The van der Waals surface area contributed by atoms with Crippen molar-refractivity contribution in [3.8, 4) is 17.0 Å². The minimum atomic E-state index is -1.82. The van der Waals surface area contributed by atoms with E-state index >= 15 is 0 Å². The first kappa shape index (κ1) is 24.9. The van der Waals surface area contributed by atoms with Crippen LogP contribution in [-0.2, 0) is 16.1 Å². The summed E-state index contributed by atoms with van der Waals surface area (Å²) in [6, 6.07) is 18.5. The summed E-state index contributed by atoms with van der Waals surface area (Å²) in [5, 5.41) is 29.9. The zero-order valence-corrected chi connectivity index (χ0v) is 18.7. The molecule has 4 N–H and O–H groups in total. The molecule has 0 radical (unpaired) electrons. The van der Waals surface area contributed by atoms with Gasteiger partial charge in [-0.25, -0.2) is 9.59 Å². The van der Waals surface area contributed by atoms with Gasteiger partial charge < -0.3 is 29.9 Å². The molecule has 0 saturated carbocycles. The SMILES string of the molecule is COc1ccc(-c2cc3ccccc3n2CC(O)CNC(C)(C)C)cc1.O=C(O)C(=O)O. The average molecular weight is 443 g/mol. The number of aliphatic hydroxyl groups is 1. The summed E-state index contributed by atoms with van der Waals surface area (Å²) in [6.07, 6.45) is -0.470. The van der Waals surface area contributed by atoms with Gasteiger partial charge >= 0.3 is 11.9 Å². The lowest BCUT2D eigenvalue weighted by Crippen LogP contribution is -2.42. The lowest BCUT2D eigenvalue weighted by atomic mass is 10.1. The Morgan fingerprint density at radius 1 is 1.03 bits per heavy atom. The van der Waals surface area contributed by atoms with E-state index in [4.69, 9.17) is 24.5 Å². The topological polar surface area (TPSA) is 121 Å². The van der Waals surface area contributed by atoms with Crippen molar-refractivity contribution in [1.29, 1.82) is 0 Å². The van der Waals surface area contributed by atoms with E-state index in [2.05, 4.69) is 61.0 Å². The number of aliphatic hydroxyl groups excluding tert-OH is 1. The lowest BCUT2D eigenvalue weighted by molar-refractivity contribution is -0.159. The van der Waals surface area contributed by atoms with Crippen LogP contribution in [0.5, 0.6) is 5.75 Å². The molecule has 1 unspecified atom stereocenters. The van der Waals surface area contributed by atoms with Crippen LogP contribution in [0, 0.1) is 0 Å². The van der Waals surface area contributed by atoms with E-state index in [0.717, 1.165) is 22.5 Å². The fourth-order valence-electron chi connectivity index (χ4n) is 3.11. The highest BCUT2D eigenvalue weighted by Crippen LogP contribution is 2.29. The predicted octanol–water partition coefficient (Wildman–Crippen LogP) is 3.22. The van der Waals surface area contributed by atoms with Crippen molar-refractivity contribution in [1.82, 2.24) is 9.88 Å². The summed E-state index contributed by atoms with van der Waals surface area (Å²) in [4.78, 5) is 18.2. The van der Waals surface area contributed by atoms with Gasteiger partial charge in [0.25, 0.3) is 0 Å². The maximum absolute atomic E-state index is 10.6. The number of fused-ring (bicyclic) bond motifs is 1. The zero-order valence-electron chi connectivity index (χ0n) is 18.7. The molecule has 8 heteroatoms. The molecule has 0 bridgehead atoms. The fourth-order valence-corrected chi connectivity index (χ4v) is 3.11. The molecule has 1 aromatic heterocycles. The van der Waals surface area contributed by atoms with E-state index in [1.165, 1.54) is 5.39 Å². The van der Waals surface area contributed by atoms with Gasteiger partial charge in [0.2, 0.25) is 0 Å². The molecule has 0 aliphatic heterocycles. The smallest absolute Gasteiger partial charge is 0.414 e. The summed E-state index contributed by atoms with van der Waals surface area (Å²) in [5.41, 5.74) is 3.33. The maximum atomic E-state index is 10.6. The minimum absolute atomic E-state index is 0.0153. The molecule has 1 atom stereocenters. The lowest BCUT2D eigenvalue weighted by Gasteiger charge is -2.24. The van der Waals surface area contributed by atoms with Crippen molar-refractivity contribution in [2.45, 2.75) is 39.0 Å². The Labute approximate surface area is 187 Å². The Hall–Kier alpha value is -3.36. The van der Waals surface area contributed by atoms with Crippen molar-refractivity contribution in [2.75, 3.05) is 13.7 Å². The number of carboxylic acid groups (broad SMARTS) is 2. The van der Waals surface area contributed by atoms with Gasteiger partial charge in [-0.1, -0.05) is 18.2 Å². The molecular weight excluding hydrogens is 412 g/mol. The number of nitrogens with one attached hydrogen (secondary N) is 1. The van der Waals surface area contributed by atoms with Crippen LogP contribution < -0.4 is 10.1 Å². The number of benzene rings is 2. The van der Waals surface area contributed by atoms with Crippen molar-refractivity contribution in [3.63, 3.8) is 0 Å². The van der Waals surface area contributed by atoms with Gasteiger partial charge in [-0.05, 0) is 62.7 Å². The molecule has 0 aliphatic rings. The maximum Gasteiger partial charge on any atom is 0.414 e. The van der Waals surface area contributed by atoms with E-state index in [1.54, 1.807) is 7.11 Å². The number of aliphatic carboxylic acids is 2. The molecule has 3 aromatic rings. The second-order valence-corrected chi connectivity index (χ2v) is 8.32. The number of hydrogen-bond acceptors (Lipinski definition) is 5.